The van der Waals surface area contributed by atoms with Crippen LogP contribution in [0.25, 0.3) is 6.08 Å². The first kappa shape index (κ1) is 22.2. The van der Waals surface area contributed by atoms with E-state index in [1.807, 2.05) is 47.4 Å². The Hall–Kier alpha value is -3.58. The molecule has 2 aliphatic rings. The van der Waals surface area contributed by atoms with Gasteiger partial charge in [0.25, 0.3) is 0 Å². The standard InChI is InChI=1S/C27H27FN4O2/c28-22-8-4-7-21(17-22)18-25-29-24-11-12-32(26(33)10-9-20-5-2-1-3-6-20)19-23(24)27(30-25)31-13-15-34-16-14-31/h1-10,17H,11-16,18-19H2/b10-9+. The number of anilines is 1. The van der Waals surface area contributed by atoms with Gasteiger partial charge in [0.1, 0.15) is 17.5 Å². The zero-order chi connectivity index (χ0) is 23.3. The highest BCUT2D eigenvalue weighted by atomic mass is 19.1. The topological polar surface area (TPSA) is 58.6 Å². The predicted molar refractivity (Wildman–Crippen MR) is 129 cm³/mol. The summed E-state index contributed by atoms with van der Waals surface area (Å²) in [7, 11) is 0. The number of ether oxygens (including phenoxy) is 1. The van der Waals surface area contributed by atoms with Crippen molar-refractivity contribution < 1.29 is 13.9 Å². The van der Waals surface area contributed by atoms with Crippen LogP contribution in [0.4, 0.5) is 10.2 Å². The van der Waals surface area contributed by atoms with Crippen LogP contribution in [0.3, 0.4) is 0 Å². The first-order chi connectivity index (χ1) is 16.7. The molecule has 7 heteroatoms. The van der Waals surface area contributed by atoms with Gasteiger partial charge in [0, 0.05) is 44.1 Å². The van der Waals surface area contributed by atoms with E-state index in [2.05, 4.69) is 4.90 Å². The summed E-state index contributed by atoms with van der Waals surface area (Å²) in [6, 6.07) is 16.4. The summed E-state index contributed by atoms with van der Waals surface area (Å²) in [6.45, 7) is 3.83. The fourth-order valence-corrected chi connectivity index (χ4v) is 4.42. The van der Waals surface area contributed by atoms with E-state index in [4.69, 9.17) is 14.7 Å². The van der Waals surface area contributed by atoms with Crippen molar-refractivity contribution in [2.45, 2.75) is 19.4 Å². The Bertz CT molecular complexity index is 1190. The Morgan fingerprint density at radius 1 is 1.03 bits per heavy atom. The number of halogens is 1. The molecule has 1 fully saturated rings. The fraction of sp³-hybridized carbons (Fsp3) is 0.296. The third kappa shape index (κ3) is 5.15. The zero-order valence-corrected chi connectivity index (χ0v) is 19.0. The lowest BCUT2D eigenvalue weighted by Gasteiger charge is -2.34. The number of hydrogen-bond acceptors (Lipinski definition) is 5. The number of amides is 1. The van der Waals surface area contributed by atoms with Crippen LogP contribution in [0.1, 0.15) is 28.2 Å². The van der Waals surface area contributed by atoms with Gasteiger partial charge in [0.2, 0.25) is 5.91 Å². The molecule has 5 rings (SSSR count). The van der Waals surface area contributed by atoms with E-state index in [1.165, 1.54) is 12.1 Å². The molecule has 0 aliphatic carbocycles. The Balaban J connectivity index is 1.41. The van der Waals surface area contributed by atoms with Crippen molar-refractivity contribution in [3.8, 4) is 0 Å². The second kappa shape index (κ2) is 10.1. The maximum absolute atomic E-state index is 13.7. The third-order valence-electron chi connectivity index (χ3n) is 6.18. The minimum absolute atomic E-state index is 0.0220. The van der Waals surface area contributed by atoms with Crippen molar-refractivity contribution in [1.29, 1.82) is 0 Å². The average molecular weight is 459 g/mol. The Morgan fingerprint density at radius 2 is 1.85 bits per heavy atom. The molecule has 3 heterocycles. The van der Waals surface area contributed by atoms with E-state index in [0.29, 0.717) is 45.0 Å². The normalized spacial score (nSPS) is 16.0. The Labute approximate surface area is 198 Å². The Kier molecular flexibility index (Phi) is 6.62. The minimum atomic E-state index is -0.262. The van der Waals surface area contributed by atoms with Gasteiger partial charge in [0.05, 0.1) is 25.5 Å². The maximum atomic E-state index is 13.7. The molecule has 3 aromatic rings. The summed E-state index contributed by atoms with van der Waals surface area (Å²) < 4.78 is 19.2. The van der Waals surface area contributed by atoms with E-state index in [-0.39, 0.29) is 11.7 Å². The summed E-state index contributed by atoms with van der Waals surface area (Å²) in [5.74, 6) is 1.26. The van der Waals surface area contributed by atoms with Crippen LogP contribution in [0.2, 0.25) is 0 Å². The van der Waals surface area contributed by atoms with Crippen molar-refractivity contribution in [2.75, 3.05) is 37.7 Å². The van der Waals surface area contributed by atoms with Gasteiger partial charge in [-0.25, -0.2) is 14.4 Å². The number of carbonyl (C=O) groups is 1. The first-order valence-corrected chi connectivity index (χ1v) is 11.6. The van der Waals surface area contributed by atoms with Crippen LogP contribution >= 0.6 is 0 Å². The lowest BCUT2D eigenvalue weighted by atomic mass is 10.0. The molecule has 0 saturated carbocycles. The molecule has 0 radical (unpaired) electrons. The first-order valence-electron chi connectivity index (χ1n) is 11.6. The number of fused-ring (bicyclic) bond motifs is 1. The van der Waals surface area contributed by atoms with Crippen LogP contribution in [-0.2, 0) is 28.9 Å². The minimum Gasteiger partial charge on any atom is -0.378 e. The molecular weight excluding hydrogens is 431 g/mol. The smallest absolute Gasteiger partial charge is 0.246 e. The monoisotopic (exact) mass is 458 g/mol. The quantitative estimate of drug-likeness (QED) is 0.547. The van der Waals surface area contributed by atoms with Crippen molar-refractivity contribution >= 4 is 17.8 Å². The highest BCUT2D eigenvalue weighted by molar-refractivity contribution is 5.92. The molecular formula is C27H27FN4O2. The van der Waals surface area contributed by atoms with Crippen LogP contribution in [0.5, 0.6) is 0 Å². The van der Waals surface area contributed by atoms with Crippen molar-refractivity contribution in [2.24, 2.45) is 0 Å². The number of morpholine rings is 1. The SMILES string of the molecule is O=C(/C=C/c1ccccc1)N1CCc2nc(Cc3cccc(F)c3)nc(N3CCOCC3)c2C1. The van der Waals surface area contributed by atoms with E-state index >= 15 is 0 Å². The van der Waals surface area contributed by atoms with Gasteiger partial charge in [-0.2, -0.15) is 0 Å². The van der Waals surface area contributed by atoms with Crippen LogP contribution < -0.4 is 4.90 Å². The molecule has 0 atom stereocenters. The van der Waals surface area contributed by atoms with Gasteiger partial charge in [-0.1, -0.05) is 42.5 Å². The summed E-state index contributed by atoms with van der Waals surface area (Å²) in [5, 5.41) is 0. The molecule has 6 nitrogen and oxygen atoms in total. The van der Waals surface area contributed by atoms with Gasteiger partial charge in [0.15, 0.2) is 0 Å². The summed E-state index contributed by atoms with van der Waals surface area (Å²) in [6.07, 6.45) is 4.61. The van der Waals surface area contributed by atoms with Gasteiger partial charge >= 0.3 is 0 Å². The second-order valence-corrected chi connectivity index (χ2v) is 8.55. The molecule has 174 valence electrons. The molecule has 1 amide bonds. The lowest BCUT2D eigenvalue weighted by molar-refractivity contribution is -0.126. The van der Waals surface area contributed by atoms with E-state index in [0.717, 1.165) is 41.3 Å². The molecule has 0 unspecified atom stereocenters. The number of hydrogen-bond donors (Lipinski definition) is 0. The van der Waals surface area contributed by atoms with Gasteiger partial charge < -0.3 is 14.5 Å². The number of carbonyl (C=O) groups excluding carboxylic acids is 1. The van der Waals surface area contributed by atoms with Crippen LogP contribution in [0, 0.1) is 5.82 Å². The molecule has 0 bridgehead atoms. The van der Waals surface area contributed by atoms with E-state index in [1.54, 1.807) is 12.1 Å². The fourth-order valence-electron chi connectivity index (χ4n) is 4.42. The largest absolute Gasteiger partial charge is 0.378 e. The highest BCUT2D eigenvalue weighted by Crippen LogP contribution is 2.28. The summed E-state index contributed by atoms with van der Waals surface area (Å²) in [5.41, 5.74) is 3.80. The number of rotatable bonds is 5. The van der Waals surface area contributed by atoms with Crippen molar-refractivity contribution in [3.05, 3.63) is 94.7 Å². The van der Waals surface area contributed by atoms with Crippen LogP contribution in [-0.4, -0.2) is 53.6 Å². The lowest BCUT2D eigenvalue weighted by Crippen LogP contribution is -2.41. The predicted octanol–water partition coefficient (Wildman–Crippen LogP) is 3.64. The van der Waals surface area contributed by atoms with Crippen molar-refractivity contribution in [3.63, 3.8) is 0 Å². The third-order valence-corrected chi connectivity index (χ3v) is 6.18. The number of benzene rings is 2. The van der Waals surface area contributed by atoms with Gasteiger partial charge in [-0.15, -0.1) is 0 Å². The van der Waals surface area contributed by atoms with Gasteiger partial charge in [-0.3, -0.25) is 4.79 Å². The Morgan fingerprint density at radius 3 is 2.65 bits per heavy atom. The maximum Gasteiger partial charge on any atom is 0.246 e. The average Bonchev–Trinajstić information content (AvgIpc) is 2.88. The highest BCUT2D eigenvalue weighted by Gasteiger charge is 2.27. The molecule has 2 aliphatic heterocycles. The summed E-state index contributed by atoms with van der Waals surface area (Å²) in [4.78, 5) is 26.7. The van der Waals surface area contributed by atoms with E-state index < -0.39 is 0 Å². The number of nitrogens with zero attached hydrogens (tertiary/aromatic N) is 4. The zero-order valence-electron chi connectivity index (χ0n) is 19.0. The molecule has 34 heavy (non-hydrogen) atoms. The summed E-state index contributed by atoms with van der Waals surface area (Å²) >= 11 is 0. The molecule has 1 aromatic heterocycles. The van der Waals surface area contributed by atoms with E-state index in [9.17, 15) is 9.18 Å². The van der Waals surface area contributed by atoms with Crippen molar-refractivity contribution in [1.82, 2.24) is 14.9 Å². The van der Waals surface area contributed by atoms with Crippen LogP contribution in [0.15, 0.2) is 60.7 Å². The molecule has 1 saturated heterocycles. The number of aromatic nitrogens is 2. The second-order valence-electron chi connectivity index (χ2n) is 8.55. The molecule has 0 N–H and O–H groups in total. The molecule has 2 aromatic carbocycles. The van der Waals surface area contributed by atoms with Gasteiger partial charge in [-0.05, 0) is 29.3 Å². The molecule has 0 spiro atoms.